The lowest BCUT2D eigenvalue weighted by atomic mass is 9.87. The molecule has 0 amide bonds. The summed E-state index contributed by atoms with van der Waals surface area (Å²) in [6, 6.07) is 9.61. The van der Waals surface area contributed by atoms with Gasteiger partial charge >= 0.3 is 5.97 Å². The predicted octanol–water partition coefficient (Wildman–Crippen LogP) is 3.90. The number of carbonyl (C=O) groups excluding carboxylic acids is 1. The van der Waals surface area contributed by atoms with Gasteiger partial charge in [0.2, 0.25) is 0 Å². The topological polar surface area (TPSA) is 46.5 Å². The smallest absolute Gasteiger partial charge is 0.322 e. The number of thioether (sulfide) groups is 1. The van der Waals surface area contributed by atoms with E-state index in [4.69, 9.17) is 4.74 Å². The highest BCUT2D eigenvalue weighted by Gasteiger charge is 2.38. The Morgan fingerprint density at radius 2 is 1.62 bits per heavy atom. The van der Waals surface area contributed by atoms with Gasteiger partial charge in [-0.1, -0.05) is 39.0 Å². The Hall–Kier alpha value is -1.00. The van der Waals surface area contributed by atoms with Crippen molar-refractivity contribution in [3.63, 3.8) is 0 Å². The molecule has 0 heterocycles. The van der Waals surface area contributed by atoms with Gasteiger partial charge in [-0.05, 0) is 38.3 Å². The van der Waals surface area contributed by atoms with Gasteiger partial charge in [-0.3, -0.25) is 4.79 Å². The van der Waals surface area contributed by atoms with E-state index >= 15 is 0 Å². The average Bonchev–Trinajstić information content (AvgIpc) is 2.33. The second-order valence-electron chi connectivity index (χ2n) is 7.20. The van der Waals surface area contributed by atoms with Gasteiger partial charge in [-0.15, -0.1) is 11.8 Å². The van der Waals surface area contributed by atoms with Gasteiger partial charge in [0, 0.05) is 4.90 Å². The van der Waals surface area contributed by atoms with E-state index in [1.54, 1.807) is 0 Å². The second-order valence-corrected chi connectivity index (χ2v) is 8.41. The summed E-state index contributed by atoms with van der Waals surface area (Å²) in [5.74, 6) is -0.376. The molecule has 0 radical (unpaired) electrons. The van der Waals surface area contributed by atoms with Gasteiger partial charge in [0.05, 0.1) is 6.10 Å². The zero-order chi connectivity index (χ0) is 16.3. The zero-order valence-corrected chi connectivity index (χ0v) is 14.5. The van der Waals surface area contributed by atoms with Crippen molar-refractivity contribution in [3.8, 4) is 0 Å². The molecule has 0 spiro atoms. The summed E-state index contributed by atoms with van der Waals surface area (Å²) in [6.45, 7) is 11.2. The van der Waals surface area contributed by atoms with Crippen LogP contribution in [0, 0.1) is 5.41 Å². The van der Waals surface area contributed by atoms with Crippen molar-refractivity contribution in [1.29, 1.82) is 0 Å². The van der Waals surface area contributed by atoms with E-state index in [-0.39, 0.29) is 5.97 Å². The van der Waals surface area contributed by atoms with Crippen LogP contribution in [-0.2, 0) is 9.53 Å². The van der Waals surface area contributed by atoms with E-state index in [2.05, 4.69) is 0 Å². The van der Waals surface area contributed by atoms with Crippen LogP contribution in [0.15, 0.2) is 35.2 Å². The minimum atomic E-state index is -0.794. The molecule has 0 aromatic heterocycles. The molecule has 1 N–H and O–H groups in total. The number of rotatable bonds is 4. The monoisotopic (exact) mass is 310 g/mol. The third kappa shape index (κ3) is 6.10. The number of hydrogen-bond donors (Lipinski definition) is 1. The summed E-state index contributed by atoms with van der Waals surface area (Å²) >= 11 is 1.35. The molecule has 0 fully saturated rings. The first kappa shape index (κ1) is 18.1. The number of benzene rings is 1. The summed E-state index contributed by atoms with van der Waals surface area (Å²) < 4.78 is 5.47. The van der Waals surface area contributed by atoms with Crippen LogP contribution in [0.5, 0.6) is 0 Å². The summed E-state index contributed by atoms with van der Waals surface area (Å²) in [4.78, 5) is 13.4. The average molecular weight is 310 g/mol. The maximum absolute atomic E-state index is 12.4. The second kappa shape index (κ2) is 6.84. The first-order chi connectivity index (χ1) is 9.50. The Bertz CT molecular complexity index is 457. The number of hydrogen-bond acceptors (Lipinski definition) is 4. The van der Waals surface area contributed by atoms with E-state index < -0.39 is 22.4 Å². The predicted molar refractivity (Wildman–Crippen MR) is 87.4 cm³/mol. The van der Waals surface area contributed by atoms with Crippen LogP contribution in [0.4, 0.5) is 0 Å². The van der Waals surface area contributed by atoms with Gasteiger partial charge in [0.15, 0.2) is 0 Å². The summed E-state index contributed by atoms with van der Waals surface area (Å²) in [7, 11) is 0. The van der Waals surface area contributed by atoms with Crippen LogP contribution in [0.25, 0.3) is 0 Å². The van der Waals surface area contributed by atoms with Crippen molar-refractivity contribution >= 4 is 17.7 Å². The highest BCUT2D eigenvalue weighted by molar-refractivity contribution is 8.00. The lowest BCUT2D eigenvalue weighted by molar-refractivity contribution is -0.157. The molecule has 0 aliphatic heterocycles. The third-order valence-corrected chi connectivity index (χ3v) is 4.07. The molecule has 0 saturated heterocycles. The van der Waals surface area contributed by atoms with E-state index in [0.29, 0.717) is 0 Å². The Labute approximate surface area is 132 Å². The molecule has 4 heteroatoms. The molecule has 1 rings (SSSR count). The fourth-order valence-electron chi connectivity index (χ4n) is 1.70. The van der Waals surface area contributed by atoms with Gasteiger partial charge in [0.1, 0.15) is 10.9 Å². The molecule has 0 bridgehead atoms. The molecule has 3 nitrogen and oxygen atoms in total. The zero-order valence-electron chi connectivity index (χ0n) is 13.7. The standard InChI is InChI=1S/C17H26O3S/c1-16(2,3)14(18)13(15(19)20-17(4,5)6)21-12-10-8-7-9-11-12/h7-11,13-14,18H,1-6H3/t13-,14+/m0/s1. The van der Waals surface area contributed by atoms with Gasteiger partial charge in [-0.2, -0.15) is 0 Å². The Kier molecular flexibility index (Phi) is 5.88. The molecule has 0 unspecified atom stereocenters. The van der Waals surface area contributed by atoms with E-state index in [9.17, 15) is 9.90 Å². The number of aliphatic hydroxyl groups excluding tert-OH is 1. The Balaban J connectivity index is 2.97. The van der Waals surface area contributed by atoms with Crippen LogP contribution in [0.3, 0.4) is 0 Å². The van der Waals surface area contributed by atoms with E-state index in [1.165, 1.54) is 11.8 Å². The summed E-state index contributed by atoms with van der Waals surface area (Å²) in [5, 5.41) is 9.91. The minimum absolute atomic E-state index is 0.376. The van der Waals surface area contributed by atoms with Crippen molar-refractivity contribution in [2.45, 2.75) is 63.4 Å². The van der Waals surface area contributed by atoms with Gasteiger partial charge in [-0.25, -0.2) is 0 Å². The number of carbonyl (C=O) groups is 1. The van der Waals surface area contributed by atoms with Gasteiger partial charge in [0.25, 0.3) is 0 Å². The van der Waals surface area contributed by atoms with Crippen LogP contribution >= 0.6 is 11.8 Å². The molecular weight excluding hydrogens is 284 g/mol. The molecule has 2 atom stereocenters. The van der Waals surface area contributed by atoms with Crippen LogP contribution in [0.2, 0.25) is 0 Å². The van der Waals surface area contributed by atoms with Crippen LogP contribution in [0.1, 0.15) is 41.5 Å². The van der Waals surface area contributed by atoms with Crippen molar-refractivity contribution in [3.05, 3.63) is 30.3 Å². The molecule has 118 valence electrons. The molecule has 0 aliphatic rings. The molecule has 1 aromatic carbocycles. The maximum Gasteiger partial charge on any atom is 0.322 e. The first-order valence-electron chi connectivity index (χ1n) is 7.13. The fraction of sp³-hybridized carbons (Fsp3) is 0.588. The van der Waals surface area contributed by atoms with Crippen LogP contribution in [-0.4, -0.2) is 28.0 Å². The quantitative estimate of drug-likeness (QED) is 0.677. The lowest BCUT2D eigenvalue weighted by Gasteiger charge is -2.33. The molecule has 1 aromatic rings. The normalized spacial score (nSPS) is 15.4. The fourth-order valence-corrected chi connectivity index (χ4v) is 2.99. The number of ether oxygens (including phenoxy) is 1. The van der Waals surface area contributed by atoms with Crippen molar-refractivity contribution in [2.24, 2.45) is 5.41 Å². The first-order valence-corrected chi connectivity index (χ1v) is 8.01. The SMILES string of the molecule is CC(C)(C)OC(=O)[C@@H](Sc1ccccc1)[C@@H](O)C(C)(C)C. The Morgan fingerprint density at radius 3 is 2.05 bits per heavy atom. The highest BCUT2D eigenvalue weighted by Crippen LogP contribution is 2.34. The number of esters is 1. The molecule has 21 heavy (non-hydrogen) atoms. The molecular formula is C17H26O3S. The summed E-state index contributed by atoms with van der Waals surface area (Å²) in [5.41, 5.74) is -0.965. The number of aliphatic hydroxyl groups is 1. The molecule has 0 saturated carbocycles. The molecule has 0 aliphatic carbocycles. The highest BCUT2D eigenvalue weighted by atomic mass is 32.2. The summed E-state index contributed by atoms with van der Waals surface area (Å²) in [6.07, 6.45) is -0.794. The van der Waals surface area contributed by atoms with Crippen molar-refractivity contribution in [1.82, 2.24) is 0 Å². The maximum atomic E-state index is 12.4. The van der Waals surface area contributed by atoms with E-state index in [0.717, 1.165) is 4.90 Å². The Morgan fingerprint density at radius 1 is 1.10 bits per heavy atom. The van der Waals surface area contributed by atoms with E-state index in [1.807, 2.05) is 71.9 Å². The third-order valence-electron chi connectivity index (χ3n) is 2.82. The largest absolute Gasteiger partial charge is 0.459 e. The van der Waals surface area contributed by atoms with Crippen LogP contribution < -0.4 is 0 Å². The van der Waals surface area contributed by atoms with Crippen molar-refractivity contribution < 1.29 is 14.6 Å². The van der Waals surface area contributed by atoms with Gasteiger partial charge < -0.3 is 9.84 Å². The lowest BCUT2D eigenvalue weighted by Crippen LogP contribution is -2.43. The van der Waals surface area contributed by atoms with Crippen molar-refractivity contribution in [2.75, 3.05) is 0 Å². The minimum Gasteiger partial charge on any atom is -0.459 e.